The number of nitrogens with one attached hydrogen (secondary N) is 1. The number of ether oxygens (including phenoxy) is 1. The second-order valence-corrected chi connectivity index (χ2v) is 4.35. The van der Waals surface area contributed by atoms with Gasteiger partial charge in [0.15, 0.2) is 0 Å². The van der Waals surface area contributed by atoms with Crippen molar-refractivity contribution in [2.45, 2.75) is 25.1 Å². The van der Waals surface area contributed by atoms with E-state index in [-0.39, 0.29) is 6.54 Å². The van der Waals surface area contributed by atoms with Gasteiger partial charge in [-0.2, -0.15) is 13.2 Å². The van der Waals surface area contributed by atoms with Crippen molar-refractivity contribution in [3.05, 3.63) is 23.8 Å². The molecule has 1 aliphatic rings. The van der Waals surface area contributed by atoms with Crippen LogP contribution in [0.1, 0.15) is 12.0 Å². The van der Waals surface area contributed by atoms with Gasteiger partial charge < -0.3 is 15.8 Å². The third kappa shape index (κ3) is 3.30. The molecular formula is C12H13F3N2O2. The normalized spacial score (nSPS) is 18.4. The Bertz CT molecular complexity index is 488. The number of aryl methyl sites for hydroxylation is 1. The van der Waals surface area contributed by atoms with E-state index in [9.17, 15) is 18.0 Å². The average Bonchev–Trinajstić information content (AvgIpc) is 2.34. The molecule has 0 radical (unpaired) electrons. The number of amides is 1. The maximum Gasteiger partial charge on any atom is 0.471 e. The quantitative estimate of drug-likeness (QED) is 0.806. The Hall–Kier alpha value is -1.92. The summed E-state index contributed by atoms with van der Waals surface area (Å²) in [6, 6.07) is 5.12. The van der Waals surface area contributed by atoms with E-state index in [2.05, 4.69) is 0 Å². The lowest BCUT2D eigenvalue weighted by atomic mass is 10.0. The molecule has 0 aliphatic carbocycles. The molecule has 1 unspecified atom stereocenters. The van der Waals surface area contributed by atoms with Gasteiger partial charge in [0, 0.05) is 5.69 Å². The molecule has 0 aromatic heterocycles. The minimum absolute atomic E-state index is 0.165. The van der Waals surface area contributed by atoms with Crippen LogP contribution >= 0.6 is 0 Å². The Morgan fingerprint density at radius 3 is 2.89 bits per heavy atom. The summed E-state index contributed by atoms with van der Waals surface area (Å²) in [7, 11) is 0. The number of hydrogen-bond donors (Lipinski definition) is 2. The van der Waals surface area contributed by atoms with Crippen LogP contribution < -0.4 is 15.8 Å². The fourth-order valence-corrected chi connectivity index (χ4v) is 1.92. The van der Waals surface area contributed by atoms with Gasteiger partial charge in [0.1, 0.15) is 11.9 Å². The van der Waals surface area contributed by atoms with Crippen LogP contribution in [0.5, 0.6) is 5.75 Å². The predicted octanol–water partition coefficient (Wildman–Crippen LogP) is 1.64. The van der Waals surface area contributed by atoms with Crippen molar-refractivity contribution in [3.63, 3.8) is 0 Å². The van der Waals surface area contributed by atoms with Gasteiger partial charge in [0.25, 0.3) is 0 Å². The SMILES string of the molecule is Nc1ccc2c(c1)CCC(CNC(=O)C(F)(F)F)O2. The number of carbonyl (C=O) groups excluding carboxylic acids is 1. The van der Waals surface area contributed by atoms with Gasteiger partial charge >= 0.3 is 12.1 Å². The van der Waals surface area contributed by atoms with Gasteiger partial charge in [-0.05, 0) is 36.6 Å². The first kappa shape index (κ1) is 13.5. The average molecular weight is 274 g/mol. The van der Waals surface area contributed by atoms with E-state index >= 15 is 0 Å². The van der Waals surface area contributed by atoms with E-state index in [1.807, 2.05) is 5.32 Å². The molecule has 1 aromatic carbocycles. The number of benzene rings is 1. The number of alkyl halides is 3. The van der Waals surface area contributed by atoms with Gasteiger partial charge in [-0.3, -0.25) is 4.79 Å². The third-order valence-corrected chi connectivity index (χ3v) is 2.86. The first-order valence-corrected chi connectivity index (χ1v) is 5.76. The summed E-state index contributed by atoms with van der Waals surface area (Å²) in [6.45, 7) is -0.165. The number of carbonyl (C=O) groups is 1. The standard InChI is InChI=1S/C12H13F3N2O2/c13-12(14,15)11(18)17-6-9-3-1-7-5-8(16)2-4-10(7)19-9/h2,4-5,9H,1,3,6,16H2,(H,17,18). The molecule has 2 rings (SSSR count). The number of nitrogen functional groups attached to an aromatic ring is 1. The summed E-state index contributed by atoms with van der Waals surface area (Å²) in [4.78, 5) is 10.7. The van der Waals surface area contributed by atoms with Crippen molar-refractivity contribution < 1.29 is 22.7 Å². The van der Waals surface area contributed by atoms with Crippen LogP contribution in [0.2, 0.25) is 0 Å². The highest BCUT2D eigenvalue weighted by molar-refractivity contribution is 5.81. The van der Waals surface area contributed by atoms with Crippen molar-refractivity contribution in [3.8, 4) is 5.75 Å². The number of halogens is 3. The molecule has 0 saturated carbocycles. The Kier molecular flexibility index (Phi) is 3.55. The molecule has 7 heteroatoms. The van der Waals surface area contributed by atoms with Gasteiger partial charge in [-0.15, -0.1) is 0 Å². The molecule has 0 saturated heterocycles. The van der Waals surface area contributed by atoms with Crippen molar-refractivity contribution in [1.29, 1.82) is 0 Å². The highest BCUT2D eigenvalue weighted by atomic mass is 19.4. The summed E-state index contributed by atoms with van der Waals surface area (Å²) in [5.41, 5.74) is 7.17. The van der Waals surface area contributed by atoms with Crippen molar-refractivity contribution in [2.75, 3.05) is 12.3 Å². The monoisotopic (exact) mass is 274 g/mol. The first-order valence-electron chi connectivity index (χ1n) is 5.76. The Morgan fingerprint density at radius 1 is 1.47 bits per heavy atom. The molecule has 4 nitrogen and oxygen atoms in total. The van der Waals surface area contributed by atoms with Crippen molar-refractivity contribution in [2.24, 2.45) is 0 Å². The van der Waals surface area contributed by atoms with Gasteiger partial charge in [0.2, 0.25) is 0 Å². The fourth-order valence-electron chi connectivity index (χ4n) is 1.92. The second kappa shape index (κ2) is 4.99. The zero-order valence-corrected chi connectivity index (χ0v) is 9.96. The highest BCUT2D eigenvalue weighted by Gasteiger charge is 2.38. The molecule has 1 atom stereocenters. The molecule has 104 valence electrons. The predicted molar refractivity (Wildman–Crippen MR) is 62.7 cm³/mol. The molecule has 0 spiro atoms. The summed E-state index contributed by atoms with van der Waals surface area (Å²) in [5.74, 6) is -1.34. The summed E-state index contributed by atoms with van der Waals surface area (Å²) in [6.07, 6.45) is -4.12. The summed E-state index contributed by atoms with van der Waals surface area (Å²) >= 11 is 0. The maximum atomic E-state index is 12.0. The molecule has 0 fully saturated rings. The number of fused-ring (bicyclic) bond motifs is 1. The number of hydrogen-bond acceptors (Lipinski definition) is 3. The number of anilines is 1. The molecule has 0 bridgehead atoms. The van der Waals surface area contributed by atoms with Crippen molar-refractivity contribution >= 4 is 11.6 Å². The maximum absolute atomic E-state index is 12.0. The lowest BCUT2D eigenvalue weighted by Gasteiger charge is -2.26. The molecule has 1 aromatic rings. The molecule has 19 heavy (non-hydrogen) atoms. The second-order valence-electron chi connectivity index (χ2n) is 4.35. The van der Waals surface area contributed by atoms with Gasteiger partial charge in [-0.1, -0.05) is 0 Å². The smallest absolute Gasteiger partial charge is 0.471 e. The van der Waals surface area contributed by atoms with E-state index in [4.69, 9.17) is 10.5 Å². The topological polar surface area (TPSA) is 64.3 Å². The van der Waals surface area contributed by atoms with Crippen LogP contribution in [-0.2, 0) is 11.2 Å². The van der Waals surface area contributed by atoms with Crippen LogP contribution in [0.4, 0.5) is 18.9 Å². The van der Waals surface area contributed by atoms with Gasteiger partial charge in [-0.25, -0.2) is 0 Å². The number of rotatable bonds is 2. The highest BCUT2D eigenvalue weighted by Crippen LogP contribution is 2.29. The summed E-state index contributed by atoms with van der Waals surface area (Å²) in [5, 5.41) is 1.82. The third-order valence-electron chi connectivity index (χ3n) is 2.86. The Morgan fingerprint density at radius 2 is 2.21 bits per heavy atom. The lowest BCUT2D eigenvalue weighted by Crippen LogP contribution is -2.43. The van der Waals surface area contributed by atoms with Crippen LogP contribution in [0.15, 0.2) is 18.2 Å². The largest absolute Gasteiger partial charge is 0.488 e. The van der Waals surface area contributed by atoms with Crippen LogP contribution in [0, 0.1) is 0 Å². The zero-order chi connectivity index (χ0) is 14.0. The minimum atomic E-state index is -4.86. The van der Waals surface area contributed by atoms with E-state index < -0.39 is 18.2 Å². The first-order chi connectivity index (χ1) is 8.86. The molecule has 1 heterocycles. The van der Waals surface area contributed by atoms with Crippen LogP contribution in [-0.4, -0.2) is 24.7 Å². The van der Waals surface area contributed by atoms with Crippen molar-refractivity contribution in [1.82, 2.24) is 5.32 Å². The van der Waals surface area contributed by atoms with Gasteiger partial charge in [0.05, 0.1) is 6.54 Å². The van der Waals surface area contributed by atoms with E-state index in [1.54, 1.807) is 18.2 Å². The van der Waals surface area contributed by atoms with E-state index in [0.29, 0.717) is 24.3 Å². The number of nitrogens with two attached hydrogens (primary N) is 1. The van der Waals surface area contributed by atoms with E-state index in [1.165, 1.54) is 0 Å². The molecule has 1 aliphatic heterocycles. The Labute approximate surface area is 107 Å². The molecular weight excluding hydrogens is 261 g/mol. The minimum Gasteiger partial charge on any atom is -0.488 e. The molecule has 1 amide bonds. The fraction of sp³-hybridized carbons (Fsp3) is 0.417. The Balaban J connectivity index is 1.92. The summed E-state index contributed by atoms with van der Waals surface area (Å²) < 4.78 is 41.6. The zero-order valence-electron chi connectivity index (χ0n) is 9.96. The lowest BCUT2D eigenvalue weighted by molar-refractivity contribution is -0.173. The van der Waals surface area contributed by atoms with E-state index in [0.717, 1.165) is 5.56 Å². The van der Waals surface area contributed by atoms with Crippen LogP contribution in [0.3, 0.4) is 0 Å². The molecule has 3 N–H and O–H groups in total. The van der Waals surface area contributed by atoms with Crippen LogP contribution in [0.25, 0.3) is 0 Å².